The van der Waals surface area contributed by atoms with Gasteiger partial charge in [0, 0.05) is 10.0 Å². The molecule has 0 spiro atoms. The van der Waals surface area contributed by atoms with Crippen LogP contribution in [-0.2, 0) is 0 Å². The first-order valence-corrected chi connectivity index (χ1v) is 9.18. The summed E-state index contributed by atoms with van der Waals surface area (Å²) in [4.78, 5) is 2.60. The maximum absolute atomic E-state index is 6.08. The number of hydrogen-bond donors (Lipinski definition) is 0. The molecule has 0 aliphatic carbocycles. The lowest BCUT2D eigenvalue weighted by Gasteiger charge is -2.38. The molecule has 0 atom stereocenters. The Kier molecular flexibility index (Phi) is 5.63. The Balaban J connectivity index is 1.90. The van der Waals surface area contributed by atoms with Crippen molar-refractivity contribution >= 4 is 23.2 Å². The van der Waals surface area contributed by atoms with E-state index in [4.69, 9.17) is 23.2 Å². The van der Waals surface area contributed by atoms with E-state index in [2.05, 4.69) is 36.1 Å². The molecule has 1 aliphatic rings. The lowest BCUT2D eigenvalue weighted by atomic mass is 9.90. The van der Waals surface area contributed by atoms with Gasteiger partial charge in [0.1, 0.15) is 0 Å². The highest BCUT2D eigenvalue weighted by atomic mass is 35.5. The first-order chi connectivity index (χ1) is 11.2. The minimum Gasteiger partial charge on any atom is -0.292 e. The smallest absolute Gasteiger partial charge is 0.0601 e. The zero-order valence-electron chi connectivity index (χ0n) is 13.5. The van der Waals surface area contributed by atoms with Crippen LogP contribution >= 0.6 is 23.2 Å². The highest BCUT2D eigenvalue weighted by molar-refractivity contribution is 6.30. The van der Waals surface area contributed by atoms with Crippen LogP contribution < -0.4 is 0 Å². The molecule has 0 N–H and O–H groups in total. The summed E-state index contributed by atoms with van der Waals surface area (Å²) in [6, 6.07) is 16.8. The monoisotopic (exact) mass is 347 g/mol. The van der Waals surface area contributed by atoms with Gasteiger partial charge in [-0.25, -0.2) is 0 Å². The number of benzene rings is 2. The molecule has 0 aromatic heterocycles. The Bertz CT molecular complexity index is 568. The molecule has 122 valence electrons. The van der Waals surface area contributed by atoms with E-state index in [0.29, 0.717) is 0 Å². The molecule has 23 heavy (non-hydrogen) atoms. The van der Waals surface area contributed by atoms with Gasteiger partial charge in [0.05, 0.1) is 6.04 Å². The second kappa shape index (κ2) is 7.70. The molecule has 3 rings (SSSR count). The Morgan fingerprint density at radius 3 is 1.70 bits per heavy atom. The summed E-state index contributed by atoms with van der Waals surface area (Å²) < 4.78 is 0. The molecule has 0 saturated carbocycles. The predicted molar refractivity (Wildman–Crippen MR) is 99.3 cm³/mol. The van der Waals surface area contributed by atoms with Crippen LogP contribution in [0.25, 0.3) is 0 Å². The molecule has 0 unspecified atom stereocenters. The van der Waals surface area contributed by atoms with Crippen molar-refractivity contribution in [2.24, 2.45) is 5.92 Å². The Labute approximate surface area is 149 Å². The van der Waals surface area contributed by atoms with Gasteiger partial charge < -0.3 is 0 Å². The molecular formula is C20H23Cl2N. The average Bonchev–Trinajstić information content (AvgIpc) is 2.59. The van der Waals surface area contributed by atoms with Gasteiger partial charge in [-0.3, -0.25) is 4.90 Å². The van der Waals surface area contributed by atoms with Crippen molar-refractivity contribution in [3.63, 3.8) is 0 Å². The van der Waals surface area contributed by atoms with Crippen molar-refractivity contribution in [1.82, 2.24) is 4.90 Å². The van der Waals surface area contributed by atoms with Crippen LogP contribution in [0.1, 0.15) is 43.4 Å². The summed E-state index contributed by atoms with van der Waals surface area (Å²) in [5, 5.41) is 1.57. The molecule has 0 amide bonds. The Hall–Kier alpha value is -1.02. The van der Waals surface area contributed by atoms with Crippen molar-refractivity contribution in [2.45, 2.75) is 32.2 Å². The third kappa shape index (κ3) is 4.09. The topological polar surface area (TPSA) is 3.24 Å². The fourth-order valence-corrected chi connectivity index (χ4v) is 3.78. The normalized spacial score (nSPS) is 16.9. The van der Waals surface area contributed by atoms with Gasteiger partial charge in [0.2, 0.25) is 0 Å². The van der Waals surface area contributed by atoms with Crippen LogP contribution in [0, 0.1) is 5.92 Å². The molecule has 0 radical (unpaired) electrons. The molecule has 1 aliphatic heterocycles. The van der Waals surface area contributed by atoms with E-state index < -0.39 is 0 Å². The third-order valence-corrected chi connectivity index (χ3v) is 5.47. The van der Waals surface area contributed by atoms with Gasteiger partial charge in [-0.1, -0.05) is 60.8 Å². The SMILES string of the molecule is CCC1CCN(C(c2ccc(Cl)cc2)c2ccc(Cl)cc2)CC1. The predicted octanol–water partition coefficient (Wildman–Crippen LogP) is 6.20. The highest BCUT2D eigenvalue weighted by Gasteiger charge is 2.26. The molecule has 3 heteroatoms. The van der Waals surface area contributed by atoms with Crippen LogP contribution in [0.15, 0.2) is 48.5 Å². The van der Waals surface area contributed by atoms with E-state index in [1.807, 2.05) is 24.3 Å². The van der Waals surface area contributed by atoms with Gasteiger partial charge in [-0.05, 0) is 67.2 Å². The van der Waals surface area contributed by atoms with E-state index in [1.165, 1.54) is 30.4 Å². The molecule has 2 aromatic carbocycles. The van der Waals surface area contributed by atoms with Crippen molar-refractivity contribution in [2.75, 3.05) is 13.1 Å². The quantitative estimate of drug-likeness (QED) is 0.635. The van der Waals surface area contributed by atoms with Crippen LogP contribution in [0.4, 0.5) is 0 Å². The summed E-state index contributed by atoms with van der Waals surface area (Å²) in [5.74, 6) is 0.877. The largest absolute Gasteiger partial charge is 0.292 e. The molecule has 1 heterocycles. The van der Waals surface area contributed by atoms with Crippen LogP contribution in [0.2, 0.25) is 10.0 Å². The fourth-order valence-electron chi connectivity index (χ4n) is 3.52. The molecule has 1 fully saturated rings. The fraction of sp³-hybridized carbons (Fsp3) is 0.400. The first kappa shape index (κ1) is 16.8. The summed E-state index contributed by atoms with van der Waals surface area (Å²) in [6.45, 7) is 4.60. The minimum absolute atomic E-state index is 0.280. The number of nitrogens with zero attached hydrogens (tertiary/aromatic N) is 1. The summed E-state index contributed by atoms with van der Waals surface area (Å²) in [6.07, 6.45) is 3.86. The second-order valence-corrected chi connectivity index (χ2v) is 7.27. The van der Waals surface area contributed by atoms with E-state index in [0.717, 1.165) is 29.1 Å². The second-order valence-electron chi connectivity index (χ2n) is 6.39. The molecule has 2 aromatic rings. The van der Waals surface area contributed by atoms with Gasteiger partial charge in [-0.2, -0.15) is 0 Å². The van der Waals surface area contributed by atoms with Gasteiger partial charge in [0.15, 0.2) is 0 Å². The number of likely N-dealkylation sites (tertiary alicyclic amines) is 1. The standard InChI is InChI=1S/C20H23Cl2N/c1-2-15-11-13-23(14-12-15)20(16-3-7-18(21)8-4-16)17-5-9-19(22)10-6-17/h3-10,15,20H,2,11-14H2,1H3. The van der Waals surface area contributed by atoms with E-state index in [1.54, 1.807) is 0 Å². The number of hydrogen-bond acceptors (Lipinski definition) is 1. The van der Waals surface area contributed by atoms with Crippen molar-refractivity contribution < 1.29 is 0 Å². The lowest BCUT2D eigenvalue weighted by molar-refractivity contribution is 0.149. The van der Waals surface area contributed by atoms with Crippen molar-refractivity contribution in [1.29, 1.82) is 0 Å². The lowest BCUT2D eigenvalue weighted by Crippen LogP contribution is -2.37. The van der Waals surface area contributed by atoms with E-state index >= 15 is 0 Å². The summed E-state index contributed by atoms with van der Waals surface area (Å²) in [7, 11) is 0. The van der Waals surface area contributed by atoms with Gasteiger partial charge in [0.25, 0.3) is 0 Å². The van der Waals surface area contributed by atoms with Crippen LogP contribution in [0.3, 0.4) is 0 Å². The number of piperidine rings is 1. The zero-order valence-corrected chi connectivity index (χ0v) is 15.0. The highest BCUT2D eigenvalue weighted by Crippen LogP contribution is 2.34. The average molecular weight is 348 g/mol. The Morgan fingerprint density at radius 1 is 0.870 bits per heavy atom. The summed E-state index contributed by atoms with van der Waals surface area (Å²) in [5.41, 5.74) is 2.60. The molecular weight excluding hydrogens is 325 g/mol. The maximum atomic E-state index is 6.08. The molecule has 1 nitrogen and oxygen atoms in total. The summed E-state index contributed by atoms with van der Waals surface area (Å²) >= 11 is 12.2. The molecule has 1 saturated heterocycles. The van der Waals surface area contributed by atoms with Gasteiger partial charge >= 0.3 is 0 Å². The van der Waals surface area contributed by atoms with E-state index in [9.17, 15) is 0 Å². The van der Waals surface area contributed by atoms with Gasteiger partial charge in [-0.15, -0.1) is 0 Å². The number of halogens is 2. The number of rotatable bonds is 4. The Morgan fingerprint density at radius 2 is 1.30 bits per heavy atom. The zero-order chi connectivity index (χ0) is 16.2. The van der Waals surface area contributed by atoms with Crippen LogP contribution in [-0.4, -0.2) is 18.0 Å². The maximum Gasteiger partial charge on any atom is 0.0601 e. The third-order valence-electron chi connectivity index (χ3n) is 4.96. The first-order valence-electron chi connectivity index (χ1n) is 8.42. The molecule has 0 bridgehead atoms. The van der Waals surface area contributed by atoms with Crippen molar-refractivity contribution in [3.8, 4) is 0 Å². The van der Waals surface area contributed by atoms with Crippen LogP contribution in [0.5, 0.6) is 0 Å². The van der Waals surface area contributed by atoms with E-state index in [-0.39, 0.29) is 6.04 Å². The van der Waals surface area contributed by atoms with Crippen molar-refractivity contribution in [3.05, 3.63) is 69.7 Å². The minimum atomic E-state index is 0.280.